The van der Waals surface area contributed by atoms with E-state index in [4.69, 9.17) is 23.2 Å². The van der Waals surface area contributed by atoms with E-state index in [2.05, 4.69) is 20.8 Å². The molecule has 0 aliphatic carbocycles. The van der Waals surface area contributed by atoms with Gasteiger partial charge < -0.3 is 5.32 Å². The van der Waals surface area contributed by atoms with Gasteiger partial charge in [-0.15, -0.1) is 0 Å². The molecule has 0 aliphatic rings. The summed E-state index contributed by atoms with van der Waals surface area (Å²) in [4.78, 5) is 27.1. The molecule has 22 heavy (non-hydrogen) atoms. The van der Waals surface area contributed by atoms with Crippen molar-refractivity contribution in [2.75, 3.05) is 5.32 Å². The van der Waals surface area contributed by atoms with Gasteiger partial charge in [-0.3, -0.25) is 14.6 Å². The number of benzene rings is 1. The molecular formula is C14H10Cl2N4O2. The van der Waals surface area contributed by atoms with Gasteiger partial charge in [-0.05, 0) is 35.9 Å². The Bertz CT molecular complexity index is 720. The predicted octanol–water partition coefficient (Wildman–Crippen LogP) is 2.48. The van der Waals surface area contributed by atoms with Crippen LogP contribution >= 0.6 is 23.2 Å². The van der Waals surface area contributed by atoms with Gasteiger partial charge in [0, 0.05) is 18.1 Å². The molecule has 0 bridgehead atoms. The Morgan fingerprint density at radius 1 is 1.05 bits per heavy atom. The first-order valence-electron chi connectivity index (χ1n) is 6.06. The fourth-order valence-corrected chi connectivity index (χ4v) is 1.73. The van der Waals surface area contributed by atoms with Crippen molar-refractivity contribution in [1.82, 2.24) is 10.4 Å². The lowest BCUT2D eigenvalue weighted by Crippen LogP contribution is -2.32. The number of rotatable bonds is 3. The molecule has 2 rings (SSSR count). The molecule has 0 saturated heterocycles. The molecule has 0 fully saturated rings. The van der Waals surface area contributed by atoms with E-state index in [0.29, 0.717) is 10.7 Å². The molecule has 0 atom stereocenters. The molecule has 112 valence electrons. The molecule has 2 N–H and O–H groups in total. The topological polar surface area (TPSA) is 83.5 Å². The lowest BCUT2D eigenvalue weighted by molar-refractivity contribution is -0.136. The third kappa shape index (κ3) is 4.54. The fourth-order valence-electron chi connectivity index (χ4n) is 1.43. The molecule has 0 saturated carbocycles. The number of aromatic nitrogens is 1. The first kappa shape index (κ1) is 15.9. The molecule has 1 aromatic carbocycles. The largest absolute Gasteiger partial charge is 0.329 e. The van der Waals surface area contributed by atoms with Gasteiger partial charge in [-0.25, -0.2) is 5.43 Å². The Morgan fingerprint density at radius 2 is 1.77 bits per heavy atom. The minimum absolute atomic E-state index is 0.274. The number of hydrazone groups is 1. The predicted molar refractivity (Wildman–Crippen MR) is 85.1 cm³/mol. The minimum Gasteiger partial charge on any atom is -0.318 e. The van der Waals surface area contributed by atoms with Gasteiger partial charge in [0.05, 0.1) is 16.3 Å². The highest BCUT2D eigenvalue weighted by Gasteiger charge is 2.13. The average molecular weight is 337 g/mol. The van der Waals surface area contributed by atoms with Crippen LogP contribution in [0.25, 0.3) is 0 Å². The van der Waals surface area contributed by atoms with Gasteiger partial charge in [0.2, 0.25) is 0 Å². The van der Waals surface area contributed by atoms with Crippen molar-refractivity contribution in [3.05, 3.63) is 58.3 Å². The van der Waals surface area contributed by atoms with Crippen LogP contribution in [0.3, 0.4) is 0 Å². The Morgan fingerprint density at radius 3 is 2.45 bits per heavy atom. The van der Waals surface area contributed by atoms with Gasteiger partial charge in [-0.1, -0.05) is 23.2 Å². The molecule has 0 aliphatic heterocycles. The summed E-state index contributed by atoms with van der Waals surface area (Å²) in [5, 5.41) is 6.68. The van der Waals surface area contributed by atoms with Crippen LogP contribution < -0.4 is 10.7 Å². The summed E-state index contributed by atoms with van der Waals surface area (Å²) in [5.41, 5.74) is 3.21. The Hall–Kier alpha value is -2.44. The molecule has 0 spiro atoms. The zero-order valence-electron chi connectivity index (χ0n) is 11.1. The standard InChI is InChI=1S/C14H10Cl2N4O2/c15-11-2-1-10(7-12(11)16)19-13(21)14(22)20-18-8-9-3-5-17-6-4-9/h1-8H,(H,19,21)(H,20,22). The van der Waals surface area contributed by atoms with E-state index in [1.807, 2.05) is 0 Å². The molecule has 1 aromatic heterocycles. The maximum Gasteiger partial charge on any atom is 0.329 e. The van der Waals surface area contributed by atoms with Crippen LogP contribution in [-0.2, 0) is 9.59 Å². The van der Waals surface area contributed by atoms with Gasteiger partial charge in [0.1, 0.15) is 0 Å². The lowest BCUT2D eigenvalue weighted by Gasteiger charge is -2.05. The SMILES string of the molecule is O=C(NN=Cc1ccncc1)C(=O)Nc1ccc(Cl)c(Cl)c1. The zero-order valence-corrected chi connectivity index (χ0v) is 12.6. The molecule has 2 amide bonds. The van der Waals surface area contributed by atoms with E-state index in [0.717, 1.165) is 5.56 Å². The number of anilines is 1. The van der Waals surface area contributed by atoms with Crippen LogP contribution in [-0.4, -0.2) is 23.0 Å². The van der Waals surface area contributed by atoms with Crippen LogP contribution in [0.15, 0.2) is 47.8 Å². The zero-order chi connectivity index (χ0) is 15.9. The highest BCUT2D eigenvalue weighted by atomic mass is 35.5. The summed E-state index contributed by atoms with van der Waals surface area (Å²) >= 11 is 11.6. The summed E-state index contributed by atoms with van der Waals surface area (Å²) in [7, 11) is 0. The Balaban J connectivity index is 1.90. The van der Waals surface area contributed by atoms with Gasteiger partial charge in [-0.2, -0.15) is 5.10 Å². The van der Waals surface area contributed by atoms with Crippen molar-refractivity contribution < 1.29 is 9.59 Å². The monoisotopic (exact) mass is 336 g/mol. The summed E-state index contributed by atoms with van der Waals surface area (Å²) in [6.45, 7) is 0. The number of nitrogens with zero attached hydrogens (tertiary/aromatic N) is 2. The number of hydrogen-bond donors (Lipinski definition) is 2. The van der Waals surface area contributed by atoms with Crippen molar-refractivity contribution >= 4 is 46.9 Å². The highest BCUT2D eigenvalue weighted by molar-refractivity contribution is 6.42. The van der Waals surface area contributed by atoms with Crippen molar-refractivity contribution in [1.29, 1.82) is 0 Å². The van der Waals surface area contributed by atoms with E-state index in [1.165, 1.54) is 24.4 Å². The number of carbonyl (C=O) groups is 2. The molecule has 2 aromatic rings. The van der Waals surface area contributed by atoms with E-state index < -0.39 is 11.8 Å². The second-order valence-corrected chi connectivity index (χ2v) is 4.88. The van der Waals surface area contributed by atoms with Crippen molar-refractivity contribution in [2.24, 2.45) is 5.10 Å². The Kier molecular flexibility index (Phi) is 5.46. The fraction of sp³-hybridized carbons (Fsp3) is 0. The van der Waals surface area contributed by atoms with Crippen LogP contribution in [0.5, 0.6) is 0 Å². The lowest BCUT2D eigenvalue weighted by atomic mass is 10.3. The molecule has 0 radical (unpaired) electrons. The molecule has 8 heteroatoms. The summed E-state index contributed by atoms with van der Waals surface area (Å²) in [5.74, 6) is -1.78. The first-order valence-corrected chi connectivity index (χ1v) is 6.81. The van der Waals surface area contributed by atoms with Crippen molar-refractivity contribution in [3.63, 3.8) is 0 Å². The normalized spacial score (nSPS) is 10.5. The number of carbonyl (C=O) groups excluding carboxylic acids is 2. The summed E-state index contributed by atoms with van der Waals surface area (Å²) < 4.78 is 0. The second-order valence-electron chi connectivity index (χ2n) is 4.06. The third-order valence-electron chi connectivity index (χ3n) is 2.47. The molecule has 6 nitrogen and oxygen atoms in total. The smallest absolute Gasteiger partial charge is 0.318 e. The number of amides is 2. The Labute approximate surface area is 136 Å². The van der Waals surface area contributed by atoms with E-state index >= 15 is 0 Å². The van der Waals surface area contributed by atoms with Gasteiger partial charge in [0.15, 0.2) is 0 Å². The van der Waals surface area contributed by atoms with E-state index in [-0.39, 0.29) is 5.02 Å². The maximum absolute atomic E-state index is 11.7. The maximum atomic E-state index is 11.7. The molecular weight excluding hydrogens is 327 g/mol. The third-order valence-corrected chi connectivity index (χ3v) is 3.21. The van der Waals surface area contributed by atoms with Gasteiger partial charge in [0.25, 0.3) is 0 Å². The first-order chi connectivity index (χ1) is 10.6. The number of nitrogens with one attached hydrogen (secondary N) is 2. The van der Waals surface area contributed by atoms with Gasteiger partial charge >= 0.3 is 11.8 Å². The van der Waals surface area contributed by atoms with E-state index in [9.17, 15) is 9.59 Å². The van der Waals surface area contributed by atoms with Crippen LogP contribution in [0, 0.1) is 0 Å². The van der Waals surface area contributed by atoms with Crippen LogP contribution in [0.4, 0.5) is 5.69 Å². The second kappa shape index (κ2) is 7.53. The van der Waals surface area contributed by atoms with E-state index in [1.54, 1.807) is 24.5 Å². The average Bonchev–Trinajstić information content (AvgIpc) is 2.52. The number of halogens is 2. The quantitative estimate of drug-likeness (QED) is 0.513. The molecule has 0 unspecified atom stereocenters. The van der Waals surface area contributed by atoms with Crippen molar-refractivity contribution in [2.45, 2.75) is 0 Å². The number of pyridine rings is 1. The number of hydrogen-bond acceptors (Lipinski definition) is 4. The van der Waals surface area contributed by atoms with Crippen LogP contribution in [0.2, 0.25) is 10.0 Å². The minimum atomic E-state index is -0.906. The summed E-state index contributed by atoms with van der Waals surface area (Å²) in [6.07, 6.45) is 4.56. The summed E-state index contributed by atoms with van der Waals surface area (Å²) in [6, 6.07) is 7.88. The molecule has 1 heterocycles. The van der Waals surface area contributed by atoms with Crippen molar-refractivity contribution in [3.8, 4) is 0 Å². The van der Waals surface area contributed by atoms with Crippen LogP contribution in [0.1, 0.15) is 5.56 Å². The highest BCUT2D eigenvalue weighted by Crippen LogP contribution is 2.24.